The molecular formula is C26H31N5O5. The molecule has 0 bridgehead atoms. The second kappa shape index (κ2) is 11.8. The third-order valence-corrected chi connectivity index (χ3v) is 6.36. The topological polar surface area (TPSA) is 153 Å². The number of carboxylic acids is 1. The molecule has 0 spiro atoms. The minimum absolute atomic E-state index is 0.00911. The zero-order chi connectivity index (χ0) is 25.5. The number of hydrogen-bond donors (Lipinski definition) is 5. The highest BCUT2D eigenvalue weighted by atomic mass is 16.4. The van der Waals surface area contributed by atoms with Gasteiger partial charge in [-0.05, 0) is 56.2 Å². The minimum Gasteiger partial charge on any atom is -0.480 e. The van der Waals surface area contributed by atoms with Crippen LogP contribution in [0, 0.1) is 0 Å². The molecule has 1 unspecified atom stereocenters. The molecule has 0 saturated carbocycles. The van der Waals surface area contributed by atoms with Gasteiger partial charge in [0.25, 0.3) is 5.91 Å². The van der Waals surface area contributed by atoms with Crippen LogP contribution in [0.25, 0.3) is 0 Å². The molecule has 0 saturated heterocycles. The quantitative estimate of drug-likeness (QED) is 0.300. The van der Waals surface area contributed by atoms with Crippen LogP contribution in [-0.4, -0.2) is 57.8 Å². The lowest BCUT2D eigenvalue weighted by molar-refractivity contribution is -0.141. The number of amides is 2. The van der Waals surface area contributed by atoms with Gasteiger partial charge in [-0.1, -0.05) is 24.3 Å². The summed E-state index contributed by atoms with van der Waals surface area (Å²) in [5.74, 6) is -1.18. The van der Waals surface area contributed by atoms with Crippen molar-refractivity contribution in [1.82, 2.24) is 15.6 Å². The number of nitrogens with one attached hydrogen (secondary N) is 3. The predicted molar refractivity (Wildman–Crippen MR) is 134 cm³/mol. The molecule has 0 aliphatic carbocycles. The van der Waals surface area contributed by atoms with Crippen molar-refractivity contribution in [2.24, 2.45) is 4.99 Å². The Balaban J connectivity index is 1.16. The first kappa shape index (κ1) is 25.3. The number of aliphatic imine (C=N–C) groups is 1. The van der Waals surface area contributed by atoms with Crippen LogP contribution in [0.2, 0.25) is 0 Å². The van der Waals surface area contributed by atoms with E-state index in [2.05, 4.69) is 32.0 Å². The summed E-state index contributed by atoms with van der Waals surface area (Å²) in [6, 6.07) is 9.73. The number of aryl methyl sites for hydroxylation is 2. The minimum atomic E-state index is -1.23. The number of carbonyl (C=O) groups excluding carboxylic acids is 2. The summed E-state index contributed by atoms with van der Waals surface area (Å²) in [4.78, 5) is 45.1. The Morgan fingerprint density at radius 1 is 1.14 bits per heavy atom. The molecule has 2 aliphatic rings. The van der Waals surface area contributed by atoms with E-state index in [1.807, 2.05) is 6.07 Å². The maximum Gasteiger partial charge on any atom is 0.326 e. The van der Waals surface area contributed by atoms with Gasteiger partial charge in [-0.3, -0.25) is 9.59 Å². The van der Waals surface area contributed by atoms with Gasteiger partial charge in [-0.2, -0.15) is 0 Å². The van der Waals surface area contributed by atoms with Crippen molar-refractivity contribution in [2.75, 3.05) is 18.4 Å². The molecule has 5 N–H and O–H groups in total. The van der Waals surface area contributed by atoms with Gasteiger partial charge in [0, 0.05) is 30.8 Å². The Morgan fingerprint density at radius 3 is 2.78 bits per heavy atom. The second-order valence-corrected chi connectivity index (χ2v) is 9.01. The average Bonchev–Trinajstić information content (AvgIpc) is 3.22. The molecule has 10 nitrogen and oxygen atoms in total. The van der Waals surface area contributed by atoms with Gasteiger partial charge in [0.1, 0.15) is 23.7 Å². The number of fused-ring (bicyclic) bond motifs is 2. The van der Waals surface area contributed by atoms with E-state index >= 15 is 0 Å². The molecule has 0 fully saturated rings. The normalized spacial score (nSPS) is 16.7. The molecule has 0 radical (unpaired) electrons. The SMILES string of the molecule is O=C(CCCCc1ccc2c(n1)NCCC2)NCC[C@H](NC(=O)C1=Nc2ccccc2C1O)C(=O)O. The fourth-order valence-electron chi connectivity index (χ4n) is 4.37. The van der Waals surface area contributed by atoms with E-state index in [1.165, 1.54) is 5.56 Å². The number of para-hydroxylation sites is 1. The standard InChI is InChI=1S/C26H31N5O5/c32-21(10-4-1-7-17-12-11-16-6-5-14-28-24(16)29-17)27-15-13-20(26(35)36)31-25(34)22-23(33)18-8-2-3-9-19(18)30-22/h2-3,8-9,11-12,20,23,33H,1,4-7,10,13-15H2,(H,27,32)(H,28,29)(H,31,34)(H,35,36)/t20-,23?/m0/s1. The van der Waals surface area contributed by atoms with Gasteiger partial charge in [0.2, 0.25) is 5.91 Å². The van der Waals surface area contributed by atoms with Gasteiger partial charge < -0.3 is 26.2 Å². The molecule has 3 heterocycles. The highest BCUT2D eigenvalue weighted by molar-refractivity contribution is 6.42. The van der Waals surface area contributed by atoms with Crippen molar-refractivity contribution in [3.05, 3.63) is 53.2 Å². The average molecular weight is 494 g/mol. The molecule has 1 aromatic heterocycles. The molecule has 1 aromatic carbocycles. The number of aromatic nitrogens is 1. The highest BCUT2D eigenvalue weighted by Gasteiger charge is 2.32. The molecule has 10 heteroatoms. The first-order valence-electron chi connectivity index (χ1n) is 12.3. The number of unbranched alkanes of at least 4 members (excludes halogenated alkanes) is 1. The first-order chi connectivity index (χ1) is 17.4. The maximum atomic E-state index is 12.5. The van der Waals surface area contributed by atoms with E-state index in [-0.39, 0.29) is 24.6 Å². The van der Waals surface area contributed by atoms with E-state index in [9.17, 15) is 24.6 Å². The molecule has 2 aromatic rings. The summed E-state index contributed by atoms with van der Waals surface area (Å²) in [5, 5.41) is 28.3. The van der Waals surface area contributed by atoms with Crippen LogP contribution in [0.1, 0.15) is 55.0 Å². The third-order valence-electron chi connectivity index (χ3n) is 6.36. The van der Waals surface area contributed by atoms with E-state index in [1.54, 1.807) is 24.3 Å². The Bertz CT molecular complexity index is 1170. The number of carboxylic acid groups (broad SMARTS) is 1. The molecule has 36 heavy (non-hydrogen) atoms. The zero-order valence-corrected chi connectivity index (χ0v) is 20.0. The van der Waals surface area contributed by atoms with Gasteiger partial charge in [0.05, 0.1) is 5.69 Å². The smallest absolute Gasteiger partial charge is 0.326 e. The molecule has 190 valence electrons. The monoisotopic (exact) mass is 493 g/mol. The van der Waals surface area contributed by atoms with Crippen LogP contribution in [0.3, 0.4) is 0 Å². The third kappa shape index (κ3) is 6.25. The number of carbonyl (C=O) groups is 3. The number of anilines is 1. The van der Waals surface area contributed by atoms with Crippen molar-refractivity contribution in [1.29, 1.82) is 0 Å². The molecule has 4 rings (SSSR count). The van der Waals surface area contributed by atoms with Gasteiger partial charge >= 0.3 is 5.97 Å². The van der Waals surface area contributed by atoms with Gasteiger partial charge in [-0.25, -0.2) is 14.8 Å². The van der Waals surface area contributed by atoms with E-state index in [0.29, 0.717) is 24.1 Å². The van der Waals surface area contributed by atoms with Crippen molar-refractivity contribution in [3.8, 4) is 0 Å². The van der Waals surface area contributed by atoms with Crippen molar-refractivity contribution in [3.63, 3.8) is 0 Å². The number of aliphatic hydroxyl groups is 1. The Kier molecular flexibility index (Phi) is 8.27. The number of aliphatic hydroxyl groups excluding tert-OH is 1. The summed E-state index contributed by atoms with van der Waals surface area (Å²) < 4.78 is 0. The van der Waals surface area contributed by atoms with Gasteiger partial charge in [-0.15, -0.1) is 0 Å². The number of aliphatic carboxylic acids is 1. The fourth-order valence-corrected chi connectivity index (χ4v) is 4.37. The Labute approximate surface area is 209 Å². The zero-order valence-electron chi connectivity index (χ0n) is 20.0. The van der Waals surface area contributed by atoms with Crippen LogP contribution in [-0.2, 0) is 27.2 Å². The van der Waals surface area contributed by atoms with Crippen LogP contribution in [0.4, 0.5) is 11.5 Å². The molecule has 2 atom stereocenters. The van der Waals surface area contributed by atoms with Crippen molar-refractivity contribution >= 4 is 35.0 Å². The predicted octanol–water partition coefficient (Wildman–Crippen LogP) is 2.05. The Morgan fingerprint density at radius 2 is 1.97 bits per heavy atom. The van der Waals surface area contributed by atoms with Gasteiger partial charge in [0.15, 0.2) is 0 Å². The maximum absolute atomic E-state index is 12.5. The second-order valence-electron chi connectivity index (χ2n) is 9.01. The number of pyridine rings is 1. The molecular weight excluding hydrogens is 462 g/mol. The largest absolute Gasteiger partial charge is 0.480 e. The van der Waals surface area contributed by atoms with Crippen molar-refractivity contribution < 1.29 is 24.6 Å². The summed E-state index contributed by atoms with van der Waals surface area (Å²) >= 11 is 0. The lowest BCUT2D eigenvalue weighted by Gasteiger charge is -2.17. The van der Waals surface area contributed by atoms with Crippen LogP contribution >= 0.6 is 0 Å². The highest BCUT2D eigenvalue weighted by Crippen LogP contribution is 2.33. The number of rotatable bonds is 11. The van der Waals surface area contributed by atoms with Crippen LogP contribution in [0.5, 0.6) is 0 Å². The number of hydrogen-bond acceptors (Lipinski definition) is 7. The summed E-state index contributed by atoms with van der Waals surface area (Å²) in [5.41, 5.74) is 3.09. The van der Waals surface area contributed by atoms with E-state index in [4.69, 9.17) is 0 Å². The van der Waals surface area contributed by atoms with Crippen LogP contribution in [0.15, 0.2) is 41.4 Å². The first-order valence-corrected chi connectivity index (χ1v) is 12.3. The van der Waals surface area contributed by atoms with Crippen LogP contribution < -0.4 is 16.0 Å². The summed E-state index contributed by atoms with van der Waals surface area (Å²) in [6.07, 6.45) is 3.60. The number of nitrogens with zero attached hydrogens (tertiary/aromatic N) is 2. The van der Waals surface area contributed by atoms with E-state index < -0.39 is 24.0 Å². The lowest BCUT2D eigenvalue weighted by Crippen LogP contribution is -2.46. The van der Waals surface area contributed by atoms with E-state index in [0.717, 1.165) is 43.7 Å². The lowest BCUT2D eigenvalue weighted by atomic mass is 10.1. The molecule has 2 aliphatic heterocycles. The number of benzene rings is 1. The summed E-state index contributed by atoms with van der Waals surface area (Å²) in [7, 11) is 0. The molecule has 2 amide bonds. The van der Waals surface area contributed by atoms with Crippen molar-refractivity contribution in [2.45, 2.75) is 57.1 Å². The Hall–Kier alpha value is -3.79. The fraction of sp³-hybridized carbons (Fsp3) is 0.423. The summed E-state index contributed by atoms with van der Waals surface area (Å²) in [6.45, 7) is 1.05.